The van der Waals surface area contributed by atoms with Gasteiger partial charge in [-0.1, -0.05) is 49.7 Å². The van der Waals surface area contributed by atoms with Gasteiger partial charge in [-0.3, -0.25) is 4.79 Å². The zero-order valence-electron chi connectivity index (χ0n) is 18.6. The van der Waals surface area contributed by atoms with Crippen LogP contribution in [-0.4, -0.2) is 17.1 Å². The summed E-state index contributed by atoms with van der Waals surface area (Å²) in [5, 5.41) is 5.04. The second-order valence-corrected chi connectivity index (χ2v) is 8.04. The SMILES string of the molecule is CCCCc1ccc2[nH]c(-c3ccc(C(F)(F)F)cc3)c(/C=N/NC(=O)c3ccccc3)c2c1. The summed E-state index contributed by atoms with van der Waals surface area (Å²) in [5.41, 5.74) is 6.22. The fourth-order valence-electron chi connectivity index (χ4n) is 3.79. The van der Waals surface area contributed by atoms with E-state index >= 15 is 0 Å². The summed E-state index contributed by atoms with van der Waals surface area (Å²) >= 11 is 0. The molecule has 3 aromatic carbocycles. The first-order valence-electron chi connectivity index (χ1n) is 11.1. The molecule has 0 aliphatic heterocycles. The van der Waals surface area contributed by atoms with Crippen molar-refractivity contribution in [1.82, 2.24) is 10.4 Å². The highest BCUT2D eigenvalue weighted by Gasteiger charge is 2.30. The average molecular weight is 464 g/mol. The Morgan fingerprint density at radius 3 is 2.44 bits per heavy atom. The third-order valence-corrected chi connectivity index (χ3v) is 5.62. The van der Waals surface area contributed by atoms with Gasteiger partial charge in [0.2, 0.25) is 0 Å². The zero-order chi connectivity index (χ0) is 24.1. The van der Waals surface area contributed by atoms with Crippen molar-refractivity contribution in [2.75, 3.05) is 0 Å². The molecule has 0 fully saturated rings. The molecule has 0 saturated carbocycles. The van der Waals surface area contributed by atoms with Gasteiger partial charge in [0, 0.05) is 22.0 Å². The third-order valence-electron chi connectivity index (χ3n) is 5.62. The Bertz CT molecular complexity index is 1310. The first-order valence-corrected chi connectivity index (χ1v) is 11.1. The minimum Gasteiger partial charge on any atom is -0.354 e. The zero-order valence-corrected chi connectivity index (χ0v) is 18.6. The number of aryl methyl sites for hydroxylation is 1. The molecular formula is C27H24F3N3O. The van der Waals surface area contributed by atoms with E-state index in [0.29, 0.717) is 22.4 Å². The third kappa shape index (κ3) is 5.20. The molecule has 174 valence electrons. The Hall–Kier alpha value is -3.87. The fourth-order valence-corrected chi connectivity index (χ4v) is 3.79. The van der Waals surface area contributed by atoms with Crippen molar-refractivity contribution in [1.29, 1.82) is 0 Å². The van der Waals surface area contributed by atoms with Crippen molar-refractivity contribution in [3.63, 3.8) is 0 Å². The molecule has 1 aromatic heterocycles. The van der Waals surface area contributed by atoms with Crippen molar-refractivity contribution >= 4 is 23.0 Å². The van der Waals surface area contributed by atoms with Gasteiger partial charge in [0.1, 0.15) is 0 Å². The first-order chi connectivity index (χ1) is 16.4. The lowest BCUT2D eigenvalue weighted by molar-refractivity contribution is -0.137. The summed E-state index contributed by atoms with van der Waals surface area (Å²) < 4.78 is 39.1. The molecule has 0 aliphatic carbocycles. The first kappa shape index (κ1) is 23.3. The Labute approximate surface area is 195 Å². The van der Waals surface area contributed by atoms with Gasteiger partial charge in [0.15, 0.2) is 0 Å². The molecule has 1 amide bonds. The molecule has 34 heavy (non-hydrogen) atoms. The molecule has 0 aliphatic rings. The van der Waals surface area contributed by atoms with Crippen LogP contribution in [0.2, 0.25) is 0 Å². The van der Waals surface area contributed by atoms with Crippen LogP contribution in [0, 0.1) is 0 Å². The number of benzene rings is 3. The minimum atomic E-state index is -4.40. The van der Waals surface area contributed by atoms with Crippen molar-refractivity contribution in [3.05, 3.63) is 95.1 Å². The molecule has 7 heteroatoms. The molecule has 0 unspecified atom stereocenters. The quantitative estimate of drug-likeness (QED) is 0.226. The second kappa shape index (κ2) is 9.95. The van der Waals surface area contributed by atoms with Crippen LogP contribution in [0.1, 0.15) is 46.8 Å². The van der Waals surface area contributed by atoms with Gasteiger partial charge in [0.25, 0.3) is 5.91 Å². The topological polar surface area (TPSA) is 57.2 Å². The number of carbonyl (C=O) groups excluding carboxylic acids is 1. The predicted molar refractivity (Wildman–Crippen MR) is 129 cm³/mol. The molecule has 4 rings (SSSR count). The second-order valence-electron chi connectivity index (χ2n) is 8.04. The summed E-state index contributed by atoms with van der Waals surface area (Å²) in [6, 6.07) is 19.8. The van der Waals surface area contributed by atoms with Crippen LogP contribution >= 0.6 is 0 Å². The number of nitrogens with zero attached hydrogens (tertiary/aromatic N) is 1. The van der Waals surface area contributed by atoms with E-state index < -0.39 is 11.7 Å². The van der Waals surface area contributed by atoms with Crippen molar-refractivity contribution < 1.29 is 18.0 Å². The van der Waals surface area contributed by atoms with Gasteiger partial charge in [-0.05, 0) is 60.4 Å². The Kier molecular flexibility index (Phi) is 6.82. The maximum absolute atomic E-state index is 13.0. The lowest BCUT2D eigenvalue weighted by atomic mass is 10.0. The van der Waals surface area contributed by atoms with Crippen LogP contribution in [0.25, 0.3) is 22.2 Å². The molecule has 4 nitrogen and oxygen atoms in total. The number of halogens is 3. The van der Waals surface area contributed by atoms with E-state index in [1.807, 2.05) is 18.2 Å². The molecule has 2 N–H and O–H groups in total. The predicted octanol–water partition coefficient (Wildman–Crippen LogP) is 6.96. The molecule has 0 atom stereocenters. The smallest absolute Gasteiger partial charge is 0.354 e. The van der Waals surface area contributed by atoms with Gasteiger partial charge >= 0.3 is 6.18 Å². The lowest BCUT2D eigenvalue weighted by Crippen LogP contribution is -2.17. The summed E-state index contributed by atoms with van der Waals surface area (Å²) in [5.74, 6) is -0.351. The van der Waals surface area contributed by atoms with Gasteiger partial charge in [-0.25, -0.2) is 5.43 Å². The van der Waals surface area contributed by atoms with Crippen LogP contribution in [0.4, 0.5) is 13.2 Å². The Morgan fingerprint density at radius 1 is 1.03 bits per heavy atom. The van der Waals surface area contributed by atoms with Crippen molar-refractivity contribution in [3.8, 4) is 11.3 Å². The highest BCUT2D eigenvalue weighted by molar-refractivity contribution is 6.06. The number of carbonyl (C=O) groups is 1. The number of amides is 1. The van der Waals surface area contributed by atoms with Crippen LogP contribution in [0.15, 0.2) is 77.9 Å². The number of hydrogen-bond acceptors (Lipinski definition) is 2. The van der Waals surface area contributed by atoms with Crippen LogP contribution in [0.5, 0.6) is 0 Å². The van der Waals surface area contributed by atoms with Gasteiger partial charge in [-0.2, -0.15) is 18.3 Å². The lowest BCUT2D eigenvalue weighted by Gasteiger charge is -2.07. The number of nitrogens with one attached hydrogen (secondary N) is 2. The standard InChI is InChI=1S/C27H24F3N3O/c1-2-3-7-18-10-15-24-22(16-18)23(17-31-33-26(34)20-8-5-4-6-9-20)25(32-24)19-11-13-21(14-12-19)27(28,29)30/h4-6,8-17,32H,2-3,7H2,1H3,(H,33,34)/b31-17+. The average Bonchev–Trinajstić information content (AvgIpc) is 3.20. The monoisotopic (exact) mass is 463 g/mol. The largest absolute Gasteiger partial charge is 0.416 e. The van der Waals surface area contributed by atoms with E-state index in [0.717, 1.165) is 47.9 Å². The van der Waals surface area contributed by atoms with Gasteiger partial charge < -0.3 is 4.98 Å². The van der Waals surface area contributed by atoms with Crippen LogP contribution in [-0.2, 0) is 12.6 Å². The van der Waals surface area contributed by atoms with Crippen LogP contribution < -0.4 is 5.43 Å². The van der Waals surface area contributed by atoms with E-state index in [1.54, 1.807) is 24.3 Å². The molecular weight excluding hydrogens is 439 g/mol. The molecule has 4 aromatic rings. The van der Waals surface area contributed by atoms with Gasteiger partial charge in [0.05, 0.1) is 17.5 Å². The van der Waals surface area contributed by atoms with Crippen LogP contribution in [0.3, 0.4) is 0 Å². The summed E-state index contributed by atoms with van der Waals surface area (Å²) in [6.45, 7) is 2.13. The molecule has 0 bridgehead atoms. The number of H-pyrrole nitrogens is 1. The number of hydrazone groups is 1. The number of rotatable bonds is 7. The van der Waals surface area contributed by atoms with E-state index in [1.165, 1.54) is 18.3 Å². The Balaban J connectivity index is 1.72. The molecule has 1 heterocycles. The number of aromatic amines is 1. The van der Waals surface area contributed by atoms with Crippen molar-refractivity contribution in [2.45, 2.75) is 32.4 Å². The Morgan fingerprint density at radius 2 is 1.76 bits per heavy atom. The number of alkyl halides is 3. The maximum Gasteiger partial charge on any atom is 0.416 e. The maximum atomic E-state index is 13.0. The normalized spacial score (nSPS) is 11.9. The number of fused-ring (bicyclic) bond motifs is 1. The number of aromatic nitrogens is 1. The van der Waals surface area contributed by atoms with E-state index in [-0.39, 0.29) is 5.91 Å². The molecule has 0 saturated heterocycles. The molecule has 0 radical (unpaired) electrons. The van der Waals surface area contributed by atoms with Gasteiger partial charge in [-0.15, -0.1) is 0 Å². The van der Waals surface area contributed by atoms with E-state index in [4.69, 9.17) is 0 Å². The number of hydrogen-bond donors (Lipinski definition) is 2. The highest BCUT2D eigenvalue weighted by Crippen LogP contribution is 2.34. The van der Waals surface area contributed by atoms with E-state index in [9.17, 15) is 18.0 Å². The summed E-state index contributed by atoms with van der Waals surface area (Å²) in [4.78, 5) is 15.7. The summed E-state index contributed by atoms with van der Waals surface area (Å²) in [6.07, 6.45) is 0.185. The van der Waals surface area contributed by atoms with E-state index in [2.05, 4.69) is 28.5 Å². The van der Waals surface area contributed by atoms with Crippen molar-refractivity contribution in [2.24, 2.45) is 5.10 Å². The minimum absolute atomic E-state index is 0.351. The number of unbranched alkanes of at least 4 members (excludes halogenated alkanes) is 1. The highest BCUT2D eigenvalue weighted by atomic mass is 19.4. The fraction of sp³-hybridized carbons (Fsp3) is 0.185. The summed E-state index contributed by atoms with van der Waals surface area (Å²) in [7, 11) is 0. The molecule has 0 spiro atoms.